The Morgan fingerprint density at radius 1 is 1.17 bits per heavy atom. The Labute approximate surface area is 134 Å². The van der Waals surface area contributed by atoms with E-state index in [0.717, 1.165) is 16.7 Å². The lowest BCUT2D eigenvalue weighted by atomic mass is 10.1. The molecular weight excluding hydrogens is 296 g/mol. The zero-order valence-corrected chi connectivity index (χ0v) is 13.3. The Balaban J connectivity index is 1.96. The van der Waals surface area contributed by atoms with Crippen molar-refractivity contribution in [3.63, 3.8) is 0 Å². The first-order chi connectivity index (χ1) is 10.9. The van der Waals surface area contributed by atoms with Crippen molar-refractivity contribution < 1.29 is 14.5 Å². The number of nitrogens with zero attached hydrogens (tertiary/aromatic N) is 1. The topological polar surface area (TPSA) is 81.5 Å². The van der Waals surface area contributed by atoms with E-state index in [1.54, 1.807) is 0 Å². The maximum absolute atomic E-state index is 11.9. The quantitative estimate of drug-likeness (QED) is 0.676. The molecule has 0 aliphatic rings. The molecule has 120 valence electrons. The van der Waals surface area contributed by atoms with Crippen molar-refractivity contribution in [2.45, 2.75) is 20.8 Å². The maximum Gasteiger partial charge on any atom is 0.269 e. The lowest BCUT2D eigenvalue weighted by molar-refractivity contribution is -0.384. The van der Waals surface area contributed by atoms with Gasteiger partial charge in [0, 0.05) is 17.8 Å². The summed E-state index contributed by atoms with van der Waals surface area (Å²) in [7, 11) is 0. The number of amides is 1. The lowest BCUT2D eigenvalue weighted by Gasteiger charge is -2.12. The molecule has 0 atom stereocenters. The highest BCUT2D eigenvalue weighted by Crippen LogP contribution is 2.23. The predicted octanol–water partition coefficient (Wildman–Crippen LogP) is 3.54. The summed E-state index contributed by atoms with van der Waals surface area (Å²) in [5.74, 6) is 0.360. The largest absolute Gasteiger partial charge is 0.483 e. The normalized spacial score (nSPS) is 10.2. The summed E-state index contributed by atoms with van der Waals surface area (Å²) in [6.45, 7) is 5.78. The van der Waals surface area contributed by atoms with Gasteiger partial charge in [0.2, 0.25) is 0 Å². The average molecular weight is 314 g/mol. The van der Waals surface area contributed by atoms with E-state index in [1.165, 1.54) is 24.3 Å². The fourth-order valence-corrected chi connectivity index (χ4v) is 2.16. The number of benzene rings is 2. The Bertz CT molecular complexity index is 739. The fraction of sp³-hybridized carbons (Fsp3) is 0.235. The minimum absolute atomic E-state index is 0.0230. The molecule has 23 heavy (non-hydrogen) atoms. The van der Waals surface area contributed by atoms with Gasteiger partial charge in [0.05, 0.1) is 4.92 Å². The minimum Gasteiger partial charge on any atom is -0.483 e. The molecule has 0 saturated heterocycles. The molecule has 1 amide bonds. The molecule has 0 aliphatic carbocycles. The van der Waals surface area contributed by atoms with Crippen molar-refractivity contribution in [3.05, 3.63) is 63.2 Å². The molecule has 6 heteroatoms. The number of ether oxygens (including phenoxy) is 1. The fourth-order valence-electron chi connectivity index (χ4n) is 2.16. The number of carbonyl (C=O) groups is 1. The maximum atomic E-state index is 11.9. The van der Waals surface area contributed by atoms with Crippen LogP contribution in [0.3, 0.4) is 0 Å². The van der Waals surface area contributed by atoms with Crippen LogP contribution in [0.15, 0.2) is 36.4 Å². The summed E-state index contributed by atoms with van der Waals surface area (Å²) in [4.78, 5) is 22.0. The van der Waals surface area contributed by atoms with Crippen LogP contribution in [0, 0.1) is 30.9 Å². The number of aryl methyl sites for hydroxylation is 2. The SMILES string of the molecule is Cc1cc(C)c(C)c(OCC(=O)Nc2ccc([N+](=O)[O-])cc2)c1. The molecule has 0 spiro atoms. The van der Waals surface area contributed by atoms with Gasteiger partial charge >= 0.3 is 0 Å². The van der Waals surface area contributed by atoms with E-state index >= 15 is 0 Å². The standard InChI is InChI=1S/C17H18N2O4/c1-11-8-12(2)13(3)16(9-11)23-10-17(20)18-14-4-6-15(7-5-14)19(21)22/h4-9H,10H2,1-3H3,(H,18,20). The third-order valence-electron chi connectivity index (χ3n) is 3.48. The third kappa shape index (κ3) is 4.29. The van der Waals surface area contributed by atoms with Gasteiger partial charge in [-0.25, -0.2) is 0 Å². The highest BCUT2D eigenvalue weighted by Gasteiger charge is 2.09. The highest BCUT2D eigenvalue weighted by atomic mass is 16.6. The van der Waals surface area contributed by atoms with Gasteiger partial charge in [-0.2, -0.15) is 0 Å². The number of hydrogen-bond acceptors (Lipinski definition) is 4. The van der Waals surface area contributed by atoms with E-state index in [9.17, 15) is 14.9 Å². The molecule has 0 bridgehead atoms. The van der Waals surface area contributed by atoms with Gasteiger partial charge in [-0.15, -0.1) is 0 Å². The molecule has 2 aromatic rings. The first-order valence-corrected chi connectivity index (χ1v) is 7.12. The van der Waals surface area contributed by atoms with Crippen LogP contribution in [0.25, 0.3) is 0 Å². The second-order valence-corrected chi connectivity index (χ2v) is 5.35. The second-order valence-electron chi connectivity index (χ2n) is 5.35. The first-order valence-electron chi connectivity index (χ1n) is 7.12. The van der Waals surface area contributed by atoms with Crippen LogP contribution in [-0.2, 0) is 4.79 Å². The molecule has 0 heterocycles. The number of rotatable bonds is 5. The van der Waals surface area contributed by atoms with Gasteiger partial charge in [0.25, 0.3) is 11.6 Å². The van der Waals surface area contributed by atoms with Crippen LogP contribution in [0.2, 0.25) is 0 Å². The van der Waals surface area contributed by atoms with Gasteiger partial charge in [-0.3, -0.25) is 14.9 Å². The number of non-ortho nitro benzene ring substituents is 1. The van der Waals surface area contributed by atoms with Crippen LogP contribution < -0.4 is 10.1 Å². The molecule has 0 aromatic heterocycles. The number of carbonyl (C=O) groups excluding carboxylic acids is 1. The number of nitro benzene ring substituents is 1. The summed E-state index contributed by atoms with van der Waals surface area (Å²) in [5, 5.41) is 13.2. The van der Waals surface area contributed by atoms with Crippen molar-refractivity contribution in [2.75, 3.05) is 11.9 Å². The van der Waals surface area contributed by atoms with E-state index in [1.807, 2.05) is 26.8 Å². The summed E-state index contributed by atoms with van der Waals surface area (Å²) in [6.07, 6.45) is 0. The van der Waals surface area contributed by atoms with Crippen LogP contribution in [0.4, 0.5) is 11.4 Å². The van der Waals surface area contributed by atoms with Crippen LogP contribution >= 0.6 is 0 Å². The van der Waals surface area contributed by atoms with E-state index in [0.29, 0.717) is 11.4 Å². The van der Waals surface area contributed by atoms with Gasteiger partial charge in [0.1, 0.15) is 5.75 Å². The number of hydrogen-bond donors (Lipinski definition) is 1. The van der Waals surface area contributed by atoms with Crippen molar-refractivity contribution >= 4 is 17.3 Å². The Morgan fingerprint density at radius 3 is 2.43 bits per heavy atom. The van der Waals surface area contributed by atoms with E-state index in [2.05, 4.69) is 11.4 Å². The van der Waals surface area contributed by atoms with E-state index in [4.69, 9.17) is 4.74 Å². The summed E-state index contributed by atoms with van der Waals surface area (Å²) in [6, 6.07) is 9.59. The van der Waals surface area contributed by atoms with Crippen LogP contribution in [0.5, 0.6) is 5.75 Å². The Hall–Kier alpha value is -2.89. The van der Waals surface area contributed by atoms with E-state index in [-0.39, 0.29) is 18.2 Å². The molecule has 0 fully saturated rings. The van der Waals surface area contributed by atoms with Gasteiger partial charge in [0.15, 0.2) is 6.61 Å². The minimum atomic E-state index is -0.489. The average Bonchev–Trinajstić information content (AvgIpc) is 2.50. The molecule has 2 aromatic carbocycles. The molecule has 0 saturated carbocycles. The molecule has 0 aliphatic heterocycles. The smallest absolute Gasteiger partial charge is 0.269 e. The van der Waals surface area contributed by atoms with Crippen molar-refractivity contribution in [1.29, 1.82) is 0 Å². The lowest BCUT2D eigenvalue weighted by Crippen LogP contribution is -2.20. The van der Waals surface area contributed by atoms with Crippen LogP contribution in [-0.4, -0.2) is 17.4 Å². The van der Waals surface area contributed by atoms with E-state index < -0.39 is 4.92 Å². The molecule has 6 nitrogen and oxygen atoms in total. The third-order valence-corrected chi connectivity index (χ3v) is 3.48. The molecule has 2 rings (SSSR count). The zero-order chi connectivity index (χ0) is 17.0. The van der Waals surface area contributed by atoms with Crippen molar-refractivity contribution in [2.24, 2.45) is 0 Å². The van der Waals surface area contributed by atoms with Crippen molar-refractivity contribution in [1.82, 2.24) is 0 Å². The van der Waals surface area contributed by atoms with Crippen molar-refractivity contribution in [3.8, 4) is 5.75 Å². The monoisotopic (exact) mass is 314 g/mol. The first kappa shape index (κ1) is 16.5. The summed E-state index contributed by atoms with van der Waals surface area (Å²) < 4.78 is 5.57. The van der Waals surface area contributed by atoms with Gasteiger partial charge in [-0.1, -0.05) is 6.07 Å². The second kappa shape index (κ2) is 6.91. The summed E-state index contributed by atoms with van der Waals surface area (Å²) in [5.41, 5.74) is 3.64. The predicted molar refractivity (Wildman–Crippen MR) is 87.9 cm³/mol. The van der Waals surface area contributed by atoms with Gasteiger partial charge < -0.3 is 10.1 Å². The number of nitrogens with one attached hydrogen (secondary N) is 1. The highest BCUT2D eigenvalue weighted by molar-refractivity contribution is 5.92. The molecule has 0 radical (unpaired) electrons. The zero-order valence-electron chi connectivity index (χ0n) is 13.3. The Morgan fingerprint density at radius 2 is 1.83 bits per heavy atom. The molecule has 0 unspecified atom stereocenters. The molecule has 1 N–H and O–H groups in total. The van der Waals surface area contributed by atoms with Crippen LogP contribution in [0.1, 0.15) is 16.7 Å². The molecular formula is C17H18N2O4. The Kier molecular flexibility index (Phi) is 4.95. The number of nitro groups is 1. The van der Waals surface area contributed by atoms with Gasteiger partial charge in [-0.05, 0) is 55.7 Å². The number of anilines is 1. The summed E-state index contributed by atoms with van der Waals surface area (Å²) >= 11 is 0.